The van der Waals surface area contributed by atoms with Crippen molar-refractivity contribution in [1.29, 1.82) is 0 Å². The number of esters is 1. The first-order valence-electron chi connectivity index (χ1n) is 11.0. The largest absolute Gasteiger partial charge is 0.483 e. The van der Waals surface area contributed by atoms with Crippen molar-refractivity contribution in [1.82, 2.24) is 14.8 Å². The molecule has 3 aromatic rings. The maximum absolute atomic E-state index is 12.7. The van der Waals surface area contributed by atoms with Crippen molar-refractivity contribution in [3.05, 3.63) is 63.8 Å². The minimum absolute atomic E-state index is 0.0955. The minimum Gasteiger partial charge on any atom is -0.483 e. The standard InChI is InChI=1S/C25H30N4O4S2/c1-8-11-29-22(17(5)33-19-10-9-14(2)15(3)12-19)27-28-25(29)34-13-20(30)26-23-21(24(31)32-7)16(4)18(6)35-23/h8-10,12,17H,1,11,13H2,2-7H3,(H,26,30). The van der Waals surface area contributed by atoms with Gasteiger partial charge in [-0.3, -0.25) is 9.36 Å². The van der Waals surface area contributed by atoms with Crippen LogP contribution in [-0.4, -0.2) is 39.5 Å². The van der Waals surface area contributed by atoms with Gasteiger partial charge in [-0.15, -0.1) is 28.1 Å². The number of allylic oxidation sites excluding steroid dienone is 1. The summed E-state index contributed by atoms with van der Waals surface area (Å²) < 4.78 is 12.9. The second-order valence-corrected chi connectivity index (χ2v) is 10.2. The number of carbonyl (C=O) groups is 2. The molecule has 0 saturated heterocycles. The third-order valence-corrected chi connectivity index (χ3v) is 7.66. The number of rotatable bonds is 10. The van der Waals surface area contributed by atoms with Gasteiger partial charge in [0.2, 0.25) is 5.91 Å². The Morgan fingerprint density at radius 3 is 2.63 bits per heavy atom. The number of hydrogen-bond donors (Lipinski definition) is 1. The fourth-order valence-corrected chi connectivity index (χ4v) is 5.23. The first-order chi connectivity index (χ1) is 16.7. The summed E-state index contributed by atoms with van der Waals surface area (Å²) in [7, 11) is 1.32. The number of nitrogens with zero attached hydrogens (tertiary/aromatic N) is 3. The van der Waals surface area contributed by atoms with Gasteiger partial charge >= 0.3 is 5.97 Å². The van der Waals surface area contributed by atoms with Crippen LogP contribution in [0.2, 0.25) is 0 Å². The Kier molecular flexibility index (Phi) is 8.74. The zero-order chi connectivity index (χ0) is 25.7. The Hall–Kier alpha value is -3.11. The van der Waals surface area contributed by atoms with E-state index in [1.54, 1.807) is 6.08 Å². The van der Waals surface area contributed by atoms with Crippen molar-refractivity contribution in [2.45, 2.75) is 52.4 Å². The van der Waals surface area contributed by atoms with E-state index < -0.39 is 5.97 Å². The smallest absolute Gasteiger partial charge is 0.341 e. The Labute approximate surface area is 213 Å². The van der Waals surface area contributed by atoms with Gasteiger partial charge in [0.15, 0.2) is 17.1 Å². The van der Waals surface area contributed by atoms with E-state index in [9.17, 15) is 9.59 Å². The molecule has 35 heavy (non-hydrogen) atoms. The van der Waals surface area contributed by atoms with Crippen LogP contribution in [0.3, 0.4) is 0 Å². The molecule has 1 N–H and O–H groups in total. The van der Waals surface area contributed by atoms with Crippen molar-refractivity contribution in [3.63, 3.8) is 0 Å². The van der Waals surface area contributed by atoms with Crippen LogP contribution in [0, 0.1) is 27.7 Å². The molecule has 0 saturated carbocycles. The third-order valence-electron chi connectivity index (χ3n) is 5.57. The number of anilines is 1. The minimum atomic E-state index is -0.470. The Balaban J connectivity index is 1.71. The van der Waals surface area contributed by atoms with Gasteiger partial charge in [-0.25, -0.2) is 4.79 Å². The molecule has 186 valence electrons. The van der Waals surface area contributed by atoms with Gasteiger partial charge in [0.25, 0.3) is 0 Å². The van der Waals surface area contributed by atoms with E-state index in [0.29, 0.717) is 28.1 Å². The molecular weight excluding hydrogens is 484 g/mol. The van der Waals surface area contributed by atoms with Crippen LogP contribution in [-0.2, 0) is 16.1 Å². The second-order valence-electron chi connectivity index (χ2n) is 8.06. The molecule has 0 aliphatic heterocycles. The monoisotopic (exact) mass is 514 g/mol. The first kappa shape index (κ1) is 26.5. The number of carbonyl (C=O) groups excluding carboxylic acids is 2. The quantitative estimate of drug-likeness (QED) is 0.219. The molecule has 0 aliphatic rings. The average molecular weight is 515 g/mol. The summed E-state index contributed by atoms with van der Waals surface area (Å²) >= 11 is 2.61. The van der Waals surface area contributed by atoms with E-state index in [1.165, 1.54) is 35.8 Å². The SMILES string of the molecule is C=CCn1c(SCC(=O)Nc2sc(C)c(C)c2C(=O)OC)nnc1C(C)Oc1ccc(C)c(C)c1. The molecule has 2 heterocycles. The Morgan fingerprint density at radius 1 is 1.23 bits per heavy atom. The van der Waals surface area contributed by atoms with Crippen LogP contribution in [0.4, 0.5) is 5.00 Å². The summed E-state index contributed by atoms with van der Waals surface area (Å²) in [6.45, 7) is 14.1. The number of hydrogen-bond acceptors (Lipinski definition) is 8. The van der Waals surface area contributed by atoms with E-state index in [-0.39, 0.29) is 17.8 Å². The number of benzene rings is 1. The fraction of sp³-hybridized carbons (Fsp3) is 0.360. The van der Waals surface area contributed by atoms with Gasteiger partial charge in [0.05, 0.1) is 18.4 Å². The molecule has 0 radical (unpaired) electrons. The lowest BCUT2D eigenvalue weighted by atomic mass is 10.1. The second kappa shape index (κ2) is 11.5. The van der Waals surface area contributed by atoms with Gasteiger partial charge in [0.1, 0.15) is 10.8 Å². The van der Waals surface area contributed by atoms with Gasteiger partial charge < -0.3 is 14.8 Å². The topological polar surface area (TPSA) is 95.3 Å². The van der Waals surface area contributed by atoms with Crippen molar-refractivity contribution < 1.29 is 19.1 Å². The number of thiophene rings is 1. The lowest BCUT2D eigenvalue weighted by Gasteiger charge is -2.16. The molecule has 1 aromatic carbocycles. The number of ether oxygens (including phenoxy) is 2. The summed E-state index contributed by atoms with van der Waals surface area (Å²) in [5, 5.41) is 12.5. The van der Waals surface area contributed by atoms with E-state index in [1.807, 2.05) is 50.5 Å². The van der Waals surface area contributed by atoms with E-state index in [4.69, 9.17) is 9.47 Å². The normalized spacial score (nSPS) is 11.7. The van der Waals surface area contributed by atoms with Crippen molar-refractivity contribution >= 4 is 40.0 Å². The van der Waals surface area contributed by atoms with Crippen molar-refractivity contribution in [3.8, 4) is 5.75 Å². The molecule has 8 nitrogen and oxygen atoms in total. The van der Waals surface area contributed by atoms with Crippen LogP contribution in [0.5, 0.6) is 5.75 Å². The number of methoxy groups -OCH3 is 1. The highest BCUT2D eigenvalue weighted by molar-refractivity contribution is 7.99. The molecule has 10 heteroatoms. The zero-order valence-electron chi connectivity index (χ0n) is 20.8. The number of amides is 1. The summed E-state index contributed by atoms with van der Waals surface area (Å²) in [6.07, 6.45) is 1.40. The van der Waals surface area contributed by atoms with E-state index in [0.717, 1.165) is 21.8 Å². The summed E-state index contributed by atoms with van der Waals surface area (Å²) in [6, 6.07) is 5.95. The van der Waals surface area contributed by atoms with Crippen LogP contribution in [0.25, 0.3) is 0 Å². The zero-order valence-corrected chi connectivity index (χ0v) is 22.4. The van der Waals surface area contributed by atoms with Crippen LogP contribution in [0.15, 0.2) is 36.0 Å². The molecule has 0 fully saturated rings. The highest BCUT2D eigenvalue weighted by Gasteiger charge is 2.23. The molecule has 0 aliphatic carbocycles. The molecular formula is C25H30N4O4S2. The molecule has 2 aromatic heterocycles. The fourth-order valence-electron chi connectivity index (χ4n) is 3.41. The molecule has 1 amide bonds. The van der Waals surface area contributed by atoms with Crippen molar-refractivity contribution in [2.24, 2.45) is 0 Å². The molecule has 0 spiro atoms. The summed E-state index contributed by atoms with van der Waals surface area (Å²) in [4.78, 5) is 25.8. The number of nitrogens with one attached hydrogen (secondary N) is 1. The van der Waals surface area contributed by atoms with Crippen LogP contribution < -0.4 is 10.1 Å². The Morgan fingerprint density at radius 2 is 1.97 bits per heavy atom. The van der Waals surface area contributed by atoms with Gasteiger partial charge in [-0.1, -0.05) is 23.9 Å². The molecule has 3 rings (SSSR count). The van der Waals surface area contributed by atoms with E-state index in [2.05, 4.69) is 29.0 Å². The Bertz CT molecular complexity index is 1250. The number of aryl methyl sites for hydroxylation is 3. The van der Waals surface area contributed by atoms with Crippen LogP contribution in [0.1, 0.15) is 50.8 Å². The van der Waals surface area contributed by atoms with Gasteiger partial charge in [-0.05, 0) is 63.4 Å². The van der Waals surface area contributed by atoms with E-state index >= 15 is 0 Å². The van der Waals surface area contributed by atoms with Crippen LogP contribution >= 0.6 is 23.1 Å². The first-order valence-corrected chi connectivity index (χ1v) is 12.8. The highest BCUT2D eigenvalue weighted by Crippen LogP contribution is 2.33. The molecule has 1 unspecified atom stereocenters. The van der Waals surface area contributed by atoms with Gasteiger partial charge in [-0.2, -0.15) is 0 Å². The third kappa shape index (κ3) is 6.12. The lowest BCUT2D eigenvalue weighted by molar-refractivity contribution is -0.113. The number of aromatic nitrogens is 3. The molecule has 1 atom stereocenters. The lowest BCUT2D eigenvalue weighted by Crippen LogP contribution is -2.17. The number of thioether (sulfide) groups is 1. The maximum Gasteiger partial charge on any atom is 0.341 e. The summed E-state index contributed by atoms with van der Waals surface area (Å²) in [5.74, 6) is 0.769. The van der Waals surface area contributed by atoms with Gasteiger partial charge in [0, 0.05) is 11.4 Å². The predicted molar refractivity (Wildman–Crippen MR) is 140 cm³/mol. The highest BCUT2D eigenvalue weighted by atomic mass is 32.2. The predicted octanol–water partition coefficient (Wildman–Crippen LogP) is 5.42. The average Bonchev–Trinajstić information content (AvgIpc) is 3.34. The van der Waals surface area contributed by atoms with Crippen molar-refractivity contribution in [2.75, 3.05) is 18.2 Å². The maximum atomic E-state index is 12.7. The molecule has 0 bridgehead atoms. The summed E-state index contributed by atoms with van der Waals surface area (Å²) in [5.41, 5.74) is 3.54.